The number of hydrogen-bond acceptors (Lipinski definition) is 2. The number of nitrogens with two attached hydrogens (primary N) is 1. The van der Waals surface area contributed by atoms with Gasteiger partial charge in [0, 0.05) is 25.4 Å². The van der Waals surface area contributed by atoms with E-state index >= 15 is 0 Å². The van der Waals surface area contributed by atoms with Gasteiger partial charge in [0.15, 0.2) is 5.96 Å². The number of thioether (sulfide) groups is 1. The summed E-state index contributed by atoms with van der Waals surface area (Å²) in [6.07, 6.45) is 1.07. The first-order valence-electron chi connectivity index (χ1n) is 5.36. The van der Waals surface area contributed by atoms with Gasteiger partial charge in [0.2, 0.25) is 0 Å². The van der Waals surface area contributed by atoms with Gasteiger partial charge in [-0.3, -0.25) is 4.99 Å². The summed E-state index contributed by atoms with van der Waals surface area (Å²) >= 11 is 2.02. The Morgan fingerprint density at radius 2 is 2.43 bits per heavy atom. The van der Waals surface area contributed by atoms with Crippen molar-refractivity contribution in [1.29, 1.82) is 0 Å². The summed E-state index contributed by atoms with van der Waals surface area (Å²) in [5, 5.41) is 0. The van der Waals surface area contributed by atoms with Crippen molar-refractivity contribution in [3.05, 3.63) is 0 Å². The van der Waals surface area contributed by atoms with E-state index in [1.165, 1.54) is 11.5 Å². The van der Waals surface area contributed by atoms with Crippen LogP contribution in [-0.4, -0.2) is 42.0 Å². The molecule has 82 valence electrons. The predicted molar refractivity (Wildman–Crippen MR) is 64.8 cm³/mol. The fourth-order valence-electron chi connectivity index (χ4n) is 1.51. The van der Waals surface area contributed by atoms with E-state index in [-0.39, 0.29) is 0 Å². The molecule has 0 bridgehead atoms. The van der Waals surface area contributed by atoms with Gasteiger partial charge < -0.3 is 10.6 Å². The third-order valence-electron chi connectivity index (χ3n) is 2.26. The SMILES string of the molecule is CCCN=C(N)N1CCSCC(C)C1. The summed E-state index contributed by atoms with van der Waals surface area (Å²) < 4.78 is 0. The van der Waals surface area contributed by atoms with Crippen LogP contribution in [0.15, 0.2) is 4.99 Å². The van der Waals surface area contributed by atoms with Crippen molar-refractivity contribution in [2.24, 2.45) is 16.6 Å². The van der Waals surface area contributed by atoms with Gasteiger partial charge in [0.05, 0.1) is 0 Å². The minimum Gasteiger partial charge on any atom is -0.370 e. The summed E-state index contributed by atoms with van der Waals surface area (Å²) in [6.45, 7) is 7.36. The highest BCUT2D eigenvalue weighted by atomic mass is 32.2. The minimum atomic E-state index is 0.720. The van der Waals surface area contributed by atoms with Crippen LogP contribution >= 0.6 is 11.8 Å². The van der Waals surface area contributed by atoms with Crippen LogP contribution in [0.4, 0.5) is 0 Å². The van der Waals surface area contributed by atoms with Crippen LogP contribution in [0.1, 0.15) is 20.3 Å². The molecule has 1 aliphatic rings. The van der Waals surface area contributed by atoms with Crippen molar-refractivity contribution in [3.8, 4) is 0 Å². The van der Waals surface area contributed by atoms with Crippen molar-refractivity contribution in [2.75, 3.05) is 31.1 Å². The summed E-state index contributed by atoms with van der Waals surface area (Å²) in [6, 6.07) is 0. The molecule has 0 aromatic carbocycles. The Labute approximate surface area is 91.1 Å². The highest BCUT2D eigenvalue weighted by molar-refractivity contribution is 7.99. The van der Waals surface area contributed by atoms with Gasteiger partial charge in [-0.15, -0.1) is 0 Å². The van der Waals surface area contributed by atoms with E-state index in [2.05, 4.69) is 23.7 Å². The van der Waals surface area contributed by atoms with E-state index in [1.54, 1.807) is 0 Å². The van der Waals surface area contributed by atoms with E-state index < -0.39 is 0 Å². The molecule has 0 spiro atoms. The molecule has 1 unspecified atom stereocenters. The van der Waals surface area contributed by atoms with E-state index in [1.807, 2.05) is 11.8 Å². The molecule has 0 saturated carbocycles. The van der Waals surface area contributed by atoms with E-state index in [0.717, 1.165) is 37.9 Å². The Morgan fingerprint density at radius 1 is 1.64 bits per heavy atom. The van der Waals surface area contributed by atoms with Crippen LogP contribution in [0.5, 0.6) is 0 Å². The lowest BCUT2D eigenvalue weighted by Crippen LogP contribution is -2.40. The molecule has 1 fully saturated rings. The molecule has 0 radical (unpaired) electrons. The van der Waals surface area contributed by atoms with Crippen LogP contribution in [0.3, 0.4) is 0 Å². The lowest BCUT2D eigenvalue weighted by Gasteiger charge is -2.23. The fourth-order valence-corrected chi connectivity index (χ4v) is 2.54. The van der Waals surface area contributed by atoms with Gasteiger partial charge in [-0.25, -0.2) is 0 Å². The molecule has 0 aliphatic carbocycles. The maximum atomic E-state index is 5.93. The Kier molecular flexibility index (Phi) is 5.15. The Hall–Kier alpha value is -0.380. The van der Waals surface area contributed by atoms with Crippen LogP contribution < -0.4 is 5.73 Å². The Bertz CT molecular complexity index is 194. The van der Waals surface area contributed by atoms with E-state index in [0.29, 0.717) is 0 Å². The molecule has 1 rings (SSSR count). The van der Waals surface area contributed by atoms with Gasteiger partial charge >= 0.3 is 0 Å². The molecular formula is C10H21N3S. The molecular weight excluding hydrogens is 194 g/mol. The first-order valence-corrected chi connectivity index (χ1v) is 6.52. The van der Waals surface area contributed by atoms with Crippen LogP contribution in [0, 0.1) is 5.92 Å². The number of rotatable bonds is 2. The summed E-state index contributed by atoms with van der Waals surface area (Å²) in [4.78, 5) is 6.58. The van der Waals surface area contributed by atoms with E-state index in [9.17, 15) is 0 Å². The lowest BCUT2D eigenvalue weighted by atomic mass is 10.2. The minimum absolute atomic E-state index is 0.720. The Balaban J connectivity index is 2.47. The maximum Gasteiger partial charge on any atom is 0.191 e. The molecule has 14 heavy (non-hydrogen) atoms. The predicted octanol–water partition coefficient (Wildman–Crippen LogP) is 1.40. The zero-order valence-corrected chi connectivity index (χ0v) is 10.0. The van der Waals surface area contributed by atoms with E-state index in [4.69, 9.17) is 5.73 Å². The van der Waals surface area contributed by atoms with Crippen molar-refractivity contribution in [1.82, 2.24) is 4.90 Å². The molecule has 2 N–H and O–H groups in total. The largest absolute Gasteiger partial charge is 0.370 e. The maximum absolute atomic E-state index is 5.93. The van der Waals surface area contributed by atoms with Gasteiger partial charge in [-0.05, 0) is 18.1 Å². The summed E-state index contributed by atoms with van der Waals surface area (Å²) in [5.74, 6) is 3.88. The zero-order chi connectivity index (χ0) is 10.4. The number of hydrogen-bond donors (Lipinski definition) is 1. The smallest absolute Gasteiger partial charge is 0.191 e. The van der Waals surface area contributed by atoms with Gasteiger partial charge in [0.1, 0.15) is 0 Å². The molecule has 1 saturated heterocycles. The second kappa shape index (κ2) is 6.17. The highest BCUT2D eigenvalue weighted by Gasteiger charge is 2.15. The second-order valence-electron chi connectivity index (χ2n) is 3.87. The molecule has 0 aromatic heterocycles. The third-order valence-corrected chi connectivity index (χ3v) is 3.54. The van der Waals surface area contributed by atoms with Crippen molar-refractivity contribution in [3.63, 3.8) is 0 Å². The first-order chi connectivity index (χ1) is 6.74. The molecule has 1 atom stereocenters. The summed E-state index contributed by atoms with van der Waals surface area (Å²) in [7, 11) is 0. The van der Waals surface area contributed by atoms with Gasteiger partial charge in [0.25, 0.3) is 0 Å². The van der Waals surface area contributed by atoms with Crippen molar-refractivity contribution >= 4 is 17.7 Å². The molecule has 1 aliphatic heterocycles. The van der Waals surface area contributed by atoms with Gasteiger partial charge in [-0.1, -0.05) is 13.8 Å². The molecule has 3 nitrogen and oxygen atoms in total. The molecule has 4 heteroatoms. The normalized spacial score (nSPS) is 24.9. The number of nitrogens with zero attached hydrogens (tertiary/aromatic N) is 2. The van der Waals surface area contributed by atoms with Crippen molar-refractivity contribution < 1.29 is 0 Å². The highest BCUT2D eigenvalue weighted by Crippen LogP contribution is 2.14. The van der Waals surface area contributed by atoms with Gasteiger partial charge in [-0.2, -0.15) is 11.8 Å². The molecule has 0 amide bonds. The second-order valence-corrected chi connectivity index (χ2v) is 5.02. The molecule has 1 heterocycles. The zero-order valence-electron chi connectivity index (χ0n) is 9.20. The van der Waals surface area contributed by atoms with Crippen LogP contribution in [-0.2, 0) is 0 Å². The number of guanidine groups is 1. The lowest BCUT2D eigenvalue weighted by molar-refractivity contribution is 0.389. The Morgan fingerprint density at radius 3 is 3.14 bits per heavy atom. The van der Waals surface area contributed by atoms with Crippen LogP contribution in [0.25, 0.3) is 0 Å². The van der Waals surface area contributed by atoms with Crippen molar-refractivity contribution in [2.45, 2.75) is 20.3 Å². The third kappa shape index (κ3) is 3.78. The average molecular weight is 215 g/mol. The molecule has 0 aromatic rings. The standard InChI is InChI=1S/C10H21N3S/c1-3-4-12-10(11)13-5-6-14-8-9(2)7-13/h9H,3-8H2,1-2H3,(H2,11,12). The fraction of sp³-hybridized carbons (Fsp3) is 0.900. The van der Waals surface area contributed by atoms with Crippen LogP contribution in [0.2, 0.25) is 0 Å². The monoisotopic (exact) mass is 215 g/mol. The first kappa shape index (κ1) is 11.7. The average Bonchev–Trinajstić information content (AvgIpc) is 2.39. The number of aliphatic imine (C=N–C) groups is 1. The summed E-state index contributed by atoms with van der Waals surface area (Å²) in [5.41, 5.74) is 5.93. The quantitative estimate of drug-likeness (QED) is 0.559. The topological polar surface area (TPSA) is 41.6 Å².